The van der Waals surface area contributed by atoms with Gasteiger partial charge in [-0.25, -0.2) is 0 Å². The molecule has 1 saturated carbocycles. The third kappa shape index (κ3) is 1.48. The predicted octanol–water partition coefficient (Wildman–Crippen LogP) is 2.63. The summed E-state index contributed by atoms with van der Waals surface area (Å²) in [6.07, 6.45) is 1.88. The summed E-state index contributed by atoms with van der Waals surface area (Å²) in [7, 11) is 0. The number of carboxylic acids is 1. The first-order valence-corrected chi connectivity index (χ1v) is 5.29. The van der Waals surface area contributed by atoms with E-state index in [2.05, 4.69) is 19.1 Å². The Morgan fingerprint density at radius 2 is 2.31 bits per heavy atom. The Balaban J connectivity index is 2.14. The molecule has 1 fully saturated rings. The van der Waals surface area contributed by atoms with E-state index in [0.29, 0.717) is 0 Å². The zero-order valence-corrected chi connectivity index (χ0v) is 8.30. The molecule has 3 heteroatoms. The summed E-state index contributed by atoms with van der Waals surface area (Å²) in [4.78, 5) is 13.3. The second kappa shape index (κ2) is 3.14. The summed E-state index contributed by atoms with van der Waals surface area (Å²) in [6, 6.07) is 4.14. The summed E-state index contributed by atoms with van der Waals surface area (Å²) in [5, 5.41) is 8.88. The van der Waals surface area contributed by atoms with Gasteiger partial charge in [-0.2, -0.15) is 0 Å². The van der Waals surface area contributed by atoms with E-state index >= 15 is 0 Å². The number of aliphatic carboxylic acids is 1. The molecule has 1 heterocycles. The highest BCUT2D eigenvalue weighted by Crippen LogP contribution is 2.44. The van der Waals surface area contributed by atoms with Gasteiger partial charge in [-0.15, -0.1) is 11.3 Å². The van der Waals surface area contributed by atoms with Crippen LogP contribution in [0.3, 0.4) is 0 Å². The van der Waals surface area contributed by atoms with Crippen molar-refractivity contribution in [2.24, 2.45) is 5.92 Å². The van der Waals surface area contributed by atoms with Crippen molar-refractivity contribution in [1.29, 1.82) is 0 Å². The van der Waals surface area contributed by atoms with Gasteiger partial charge in [-0.3, -0.25) is 4.79 Å². The molecule has 2 nitrogen and oxygen atoms in total. The Morgan fingerprint density at radius 1 is 1.54 bits per heavy atom. The molecule has 1 aliphatic rings. The first-order chi connectivity index (χ1) is 6.18. The second-order valence-electron chi connectivity index (χ2n) is 3.58. The number of hydrogen-bond donors (Lipinski definition) is 1. The standard InChI is InChI=1S/C10H12O2S/c1-6-2-5-9(13-6)7-3-4-8(7)10(11)12/h2,5,7-8H,3-4H2,1H3,(H,11,12). The maximum absolute atomic E-state index is 10.8. The minimum atomic E-state index is -0.637. The van der Waals surface area contributed by atoms with E-state index in [1.165, 1.54) is 9.75 Å². The lowest BCUT2D eigenvalue weighted by Gasteiger charge is -2.32. The van der Waals surface area contributed by atoms with Crippen LogP contribution >= 0.6 is 11.3 Å². The SMILES string of the molecule is Cc1ccc(C2CCC2C(=O)O)s1. The monoisotopic (exact) mass is 196 g/mol. The van der Waals surface area contributed by atoms with Gasteiger partial charge in [0, 0.05) is 15.7 Å². The fraction of sp³-hybridized carbons (Fsp3) is 0.500. The Kier molecular flexibility index (Phi) is 2.12. The average Bonchev–Trinajstić information content (AvgIpc) is 2.32. The lowest BCUT2D eigenvalue weighted by molar-refractivity contribution is -0.145. The van der Waals surface area contributed by atoms with E-state index in [4.69, 9.17) is 5.11 Å². The number of aryl methyl sites for hydroxylation is 1. The van der Waals surface area contributed by atoms with Crippen LogP contribution in [0.4, 0.5) is 0 Å². The van der Waals surface area contributed by atoms with Gasteiger partial charge in [0.15, 0.2) is 0 Å². The minimum absolute atomic E-state index is 0.127. The highest BCUT2D eigenvalue weighted by atomic mass is 32.1. The van der Waals surface area contributed by atoms with Crippen molar-refractivity contribution >= 4 is 17.3 Å². The van der Waals surface area contributed by atoms with Crippen molar-refractivity contribution in [2.75, 3.05) is 0 Å². The molecule has 1 aliphatic carbocycles. The molecule has 1 aromatic heterocycles. The molecule has 0 bridgehead atoms. The van der Waals surface area contributed by atoms with Crippen molar-refractivity contribution in [1.82, 2.24) is 0 Å². The number of hydrogen-bond acceptors (Lipinski definition) is 2. The van der Waals surface area contributed by atoms with Gasteiger partial charge in [0.05, 0.1) is 5.92 Å². The van der Waals surface area contributed by atoms with Crippen molar-refractivity contribution in [3.05, 3.63) is 21.9 Å². The van der Waals surface area contributed by atoms with Gasteiger partial charge in [0.25, 0.3) is 0 Å². The number of thiophene rings is 1. The van der Waals surface area contributed by atoms with Crippen LogP contribution in [-0.4, -0.2) is 11.1 Å². The summed E-state index contributed by atoms with van der Waals surface area (Å²) in [5.74, 6) is -0.475. The molecular formula is C10H12O2S. The first kappa shape index (κ1) is 8.75. The van der Waals surface area contributed by atoms with E-state index < -0.39 is 5.97 Å². The Morgan fingerprint density at radius 3 is 2.69 bits per heavy atom. The fourth-order valence-electron chi connectivity index (χ4n) is 1.79. The van der Waals surface area contributed by atoms with E-state index in [-0.39, 0.29) is 11.8 Å². The summed E-state index contributed by atoms with van der Waals surface area (Å²) >= 11 is 1.73. The molecule has 2 rings (SSSR count). The quantitative estimate of drug-likeness (QED) is 0.789. The maximum Gasteiger partial charge on any atom is 0.307 e. The summed E-state index contributed by atoms with van der Waals surface area (Å²) in [6.45, 7) is 2.06. The van der Waals surface area contributed by atoms with Crippen LogP contribution in [0.5, 0.6) is 0 Å². The highest BCUT2D eigenvalue weighted by Gasteiger charge is 2.38. The molecule has 1 aromatic rings. The maximum atomic E-state index is 10.8. The van der Waals surface area contributed by atoms with Crippen LogP contribution in [0.1, 0.15) is 28.5 Å². The number of carboxylic acid groups (broad SMARTS) is 1. The van der Waals surface area contributed by atoms with Gasteiger partial charge in [0.2, 0.25) is 0 Å². The summed E-state index contributed by atoms with van der Waals surface area (Å²) in [5.41, 5.74) is 0. The lowest BCUT2D eigenvalue weighted by Crippen LogP contribution is -2.30. The van der Waals surface area contributed by atoms with Crippen LogP contribution in [0.25, 0.3) is 0 Å². The molecule has 1 N–H and O–H groups in total. The third-order valence-electron chi connectivity index (χ3n) is 2.72. The molecule has 2 unspecified atom stereocenters. The predicted molar refractivity (Wildman–Crippen MR) is 52.2 cm³/mol. The molecule has 70 valence electrons. The molecule has 2 atom stereocenters. The number of carbonyl (C=O) groups is 1. The Bertz CT molecular complexity index is 329. The van der Waals surface area contributed by atoms with E-state index in [0.717, 1.165) is 12.8 Å². The van der Waals surface area contributed by atoms with Gasteiger partial charge in [-0.05, 0) is 31.9 Å². The van der Waals surface area contributed by atoms with Crippen molar-refractivity contribution < 1.29 is 9.90 Å². The smallest absolute Gasteiger partial charge is 0.307 e. The fourth-order valence-corrected chi connectivity index (χ4v) is 2.87. The topological polar surface area (TPSA) is 37.3 Å². The van der Waals surface area contributed by atoms with Crippen molar-refractivity contribution in [2.45, 2.75) is 25.7 Å². The molecule has 0 amide bonds. The zero-order chi connectivity index (χ0) is 9.42. The van der Waals surface area contributed by atoms with Crippen LogP contribution in [0.15, 0.2) is 12.1 Å². The Hall–Kier alpha value is -0.830. The molecule has 13 heavy (non-hydrogen) atoms. The van der Waals surface area contributed by atoms with Gasteiger partial charge in [-0.1, -0.05) is 0 Å². The molecule has 0 spiro atoms. The molecular weight excluding hydrogens is 184 g/mol. The van der Waals surface area contributed by atoms with Crippen LogP contribution in [0.2, 0.25) is 0 Å². The van der Waals surface area contributed by atoms with Crippen LogP contribution in [0, 0.1) is 12.8 Å². The largest absolute Gasteiger partial charge is 0.481 e. The molecule has 0 aromatic carbocycles. The molecule has 0 radical (unpaired) electrons. The first-order valence-electron chi connectivity index (χ1n) is 4.47. The molecule has 0 aliphatic heterocycles. The van der Waals surface area contributed by atoms with Crippen molar-refractivity contribution in [3.8, 4) is 0 Å². The van der Waals surface area contributed by atoms with E-state index in [1.807, 2.05) is 0 Å². The third-order valence-corrected chi connectivity index (χ3v) is 3.85. The highest BCUT2D eigenvalue weighted by molar-refractivity contribution is 7.12. The van der Waals surface area contributed by atoms with Crippen LogP contribution < -0.4 is 0 Å². The molecule has 0 saturated heterocycles. The van der Waals surface area contributed by atoms with E-state index in [1.54, 1.807) is 11.3 Å². The summed E-state index contributed by atoms with van der Waals surface area (Å²) < 4.78 is 0. The van der Waals surface area contributed by atoms with E-state index in [9.17, 15) is 4.79 Å². The average molecular weight is 196 g/mol. The normalized spacial score (nSPS) is 26.8. The van der Waals surface area contributed by atoms with Crippen LogP contribution in [-0.2, 0) is 4.79 Å². The Labute approximate surface area is 81.2 Å². The van der Waals surface area contributed by atoms with Crippen molar-refractivity contribution in [3.63, 3.8) is 0 Å². The minimum Gasteiger partial charge on any atom is -0.481 e. The number of rotatable bonds is 2. The second-order valence-corrected chi connectivity index (χ2v) is 4.90. The zero-order valence-electron chi connectivity index (χ0n) is 7.49. The lowest BCUT2D eigenvalue weighted by atomic mass is 9.73. The van der Waals surface area contributed by atoms with Gasteiger partial charge in [0.1, 0.15) is 0 Å². The van der Waals surface area contributed by atoms with Gasteiger partial charge >= 0.3 is 5.97 Å². The van der Waals surface area contributed by atoms with Gasteiger partial charge < -0.3 is 5.11 Å².